The zero-order valence-corrected chi connectivity index (χ0v) is 17.0. The molecule has 0 aliphatic carbocycles. The maximum Gasteiger partial charge on any atom is 0.273 e. The van der Waals surface area contributed by atoms with E-state index in [4.69, 9.17) is 10.5 Å². The Hall–Kier alpha value is -1.38. The Bertz CT molecular complexity index is 706. The van der Waals surface area contributed by atoms with Crippen molar-refractivity contribution in [2.75, 3.05) is 33.3 Å². The van der Waals surface area contributed by atoms with Crippen LogP contribution in [0.15, 0.2) is 29.6 Å². The third-order valence-electron chi connectivity index (χ3n) is 4.19. The van der Waals surface area contributed by atoms with Crippen LogP contribution in [0.2, 0.25) is 0 Å². The first-order valence-electron chi connectivity index (χ1n) is 7.99. The number of nitrogens with two attached hydrogens (primary N) is 1. The number of rotatable bonds is 5. The number of nitrogens with zero attached hydrogens (tertiary/aromatic N) is 3. The fourth-order valence-electron chi connectivity index (χ4n) is 2.85. The molecule has 0 spiro atoms. The molecule has 0 saturated carbocycles. The lowest BCUT2D eigenvalue weighted by atomic mass is 10.1. The van der Waals surface area contributed by atoms with E-state index in [0.29, 0.717) is 25.3 Å². The third-order valence-corrected chi connectivity index (χ3v) is 5.06. The van der Waals surface area contributed by atoms with Crippen LogP contribution in [-0.2, 0) is 13.1 Å². The second kappa shape index (κ2) is 10.7. The van der Waals surface area contributed by atoms with Crippen molar-refractivity contribution in [2.45, 2.75) is 13.1 Å². The van der Waals surface area contributed by atoms with E-state index in [1.165, 1.54) is 16.9 Å². The third kappa shape index (κ3) is 5.31. The molecule has 1 aromatic heterocycles. The van der Waals surface area contributed by atoms with E-state index in [2.05, 4.69) is 16.0 Å². The predicted octanol–water partition coefficient (Wildman–Crippen LogP) is 2.41. The lowest BCUT2D eigenvalue weighted by Gasteiger charge is -2.34. The molecule has 0 radical (unpaired) electrons. The highest BCUT2D eigenvalue weighted by Gasteiger charge is 2.24. The highest BCUT2D eigenvalue weighted by atomic mass is 35.5. The van der Waals surface area contributed by atoms with Gasteiger partial charge >= 0.3 is 0 Å². The summed E-state index contributed by atoms with van der Waals surface area (Å²) < 4.78 is 5.41. The van der Waals surface area contributed by atoms with Gasteiger partial charge in [0.1, 0.15) is 16.5 Å². The Morgan fingerprint density at radius 1 is 1.23 bits per heavy atom. The van der Waals surface area contributed by atoms with Gasteiger partial charge in [-0.1, -0.05) is 18.2 Å². The molecule has 26 heavy (non-hydrogen) atoms. The van der Waals surface area contributed by atoms with Crippen molar-refractivity contribution in [2.24, 2.45) is 5.73 Å². The highest BCUT2D eigenvalue weighted by molar-refractivity contribution is 7.09. The van der Waals surface area contributed by atoms with Crippen molar-refractivity contribution in [3.8, 4) is 5.75 Å². The molecule has 1 fully saturated rings. The summed E-state index contributed by atoms with van der Waals surface area (Å²) in [7, 11) is 1.69. The number of piperazine rings is 1. The minimum atomic E-state index is 0. The van der Waals surface area contributed by atoms with E-state index < -0.39 is 0 Å². The smallest absolute Gasteiger partial charge is 0.273 e. The minimum absolute atomic E-state index is 0. The van der Waals surface area contributed by atoms with Gasteiger partial charge in [0.2, 0.25) is 0 Å². The lowest BCUT2D eigenvalue weighted by Crippen LogP contribution is -2.48. The first kappa shape index (κ1) is 22.7. The summed E-state index contributed by atoms with van der Waals surface area (Å²) in [5.41, 5.74) is 7.25. The molecule has 1 aliphatic heterocycles. The number of ether oxygens (including phenoxy) is 1. The number of aromatic nitrogens is 1. The molecule has 144 valence electrons. The zero-order valence-electron chi connectivity index (χ0n) is 14.6. The number of thiazole rings is 1. The van der Waals surface area contributed by atoms with Gasteiger partial charge < -0.3 is 15.4 Å². The Balaban J connectivity index is 0.00000169. The van der Waals surface area contributed by atoms with E-state index in [1.807, 2.05) is 23.1 Å². The summed E-state index contributed by atoms with van der Waals surface area (Å²) in [6.45, 7) is 4.33. The van der Waals surface area contributed by atoms with Crippen molar-refractivity contribution >= 4 is 42.1 Å². The van der Waals surface area contributed by atoms with E-state index in [9.17, 15) is 4.79 Å². The molecule has 0 unspecified atom stereocenters. The van der Waals surface area contributed by atoms with Gasteiger partial charge in [-0.15, -0.1) is 36.2 Å². The first-order chi connectivity index (χ1) is 11.7. The number of hydrogen-bond acceptors (Lipinski definition) is 6. The molecule has 2 heterocycles. The monoisotopic (exact) mass is 418 g/mol. The van der Waals surface area contributed by atoms with Crippen LogP contribution in [0.25, 0.3) is 0 Å². The molecule has 6 nitrogen and oxygen atoms in total. The Morgan fingerprint density at radius 3 is 2.54 bits per heavy atom. The minimum Gasteiger partial charge on any atom is -0.496 e. The Labute approximate surface area is 170 Å². The molecule has 0 atom stereocenters. The predicted molar refractivity (Wildman–Crippen MR) is 109 cm³/mol. The zero-order chi connectivity index (χ0) is 16.9. The summed E-state index contributed by atoms with van der Waals surface area (Å²) in [6.07, 6.45) is 0. The number of carbonyl (C=O) groups excluding carboxylic acids is 1. The van der Waals surface area contributed by atoms with Crippen LogP contribution in [0, 0.1) is 0 Å². The second-order valence-electron chi connectivity index (χ2n) is 5.71. The molecule has 1 aromatic carbocycles. The van der Waals surface area contributed by atoms with Gasteiger partial charge in [0.25, 0.3) is 5.91 Å². The van der Waals surface area contributed by atoms with Crippen molar-refractivity contribution in [1.29, 1.82) is 0 Å². The van der Waals surface area contributed by atoms with Gasteiger partial charge in [0.15, 0.2) is 0 Å². The van der Waals surface area contributed by atoms with Crippen LogP contribution >= 0.6 is 36.2 Å². The maximum absolute atomic E-state index is 12.5. The summed E-state index contributed by atoms with van der Waals surface area (Å²) in [5, 5.41) is 2.60. The van der Waals surface area contributed by atoms with Crippen molar-refractivity contribution in [1.82, 2.24) is 14.8 Å². The quantitative estimate of drug-likeness (QED) is 0.806. The summed E-state index contributed by atoms with van der Waals surface area (Å²) in [4.78, 5) is 21.0. The van der Waals surface area contributed by atoms with Crippen molar-refractivity contribution in [3.05, 3.63) is 45.9 Å². The number of amides is 1. The second-order valence-corrected chi connectivity index (χ2v) is 6.65. The SMILES string of the molecule is COc1ccccc1CN1CCN(C(=O)c2csc(CN)n2)CC1.Cl.Cl. The standard InChI is InChI=1S/C17H22N4O2S.2ClH/c1-23-15-5-3-2-4-13(15)11-20-6-8-21(9-7-20)17(22)14-12-24-16(10-18)19-14;;/h2-5,12H,6-11,18H2,1H3;2*1H. The average Bonchev–Trinajstić information content (AvgIpc) is 3.11. The van der Waals surface area contributed by atoms with Gasteiger partial charge in [-0.3, -0.25) is 9.69 Å². The lowest BCUT2D eigenvalue weighted by molar-refractivity contribution is 0.0622. The summed E-state index contributed by atoms with van der Waals surface area (Å²) in [5.74, 6) is 0.913. The summed E-state index contributed by atoms with van der Waals surface area (Å²) >= 11 is 1.44. The molecule has 0 bridgehead atoms. The molecule has 2 N–H and O–H groups in total. The van der Waals surface area contributed by atoms with E-state index >= 15 is 0 Å². The van der Waals surface area contributed by atoms with Crippen LogP contribution in [0.1, 0.15) is 21.1 Å². The van der Waals surface area contributed by atoms with Crippen molar-refractivity contribution < 1.29 is 9.53 Å². The van der Waals surface area contributed by atoms with E-state index in [-0.39, 0.29) is 30.7 Å². The molecule has 9 heteroatoms. The topological polar surface area (TPSA) is 71.7 Å². The number of halogens is 2. The van der Waals surface area contributed by atoms with Gasteiger partial charge in [-0.25, -0.2) is 4.98 Å². The molecular formula is C17H24Cl2N4O2S. The number of carbonyl (C=O) groups is 1. The molecule has 1 saturated heterocycles. The normalized spacial score (nSPS) is 14.3. The number of para-hydroxylation sites is 1. The summed E-state index contributed by atoms with van der Waals surface area (Å²) in [6, 6.07) is 8.06. The first-order valence-corrected chi connectivity index (χ1v) is 8.87. The molecule has 3 rings (SSSR count). The van der Waals surface area contributed by atoms with Crippen LogP contribution in [0.4, 0.5) is 0 Å². The van der Waals surface area contributed by atoms with Crippen molar-refractivity contribution in [3.63, 3.8) is 0 Å². The van der Waals surface area contributed by atoms with Gasteiger partial charge in [-0.2, -0.15) is 0 Å². The van der Waals surface area contributed by atoms with Crippen LogP contribution < -0.4 is 10.5 Å². The molecule has 2 aromatic rings. The maximum atomic E-state index is 12.5. The average molecular weight is 419 g/mol. The highest BCUT2D eigenvalue weighted by Crippen LogP contribution is 2.20. The van der Waals surface area contributed by atoms with Crippen LogP contribution in [0.5, 0.6) is 5.75 Å². The van der Waals surface area contributed by atoms with Gasteiger partial charge in [0, 0.05) is 50.2 Å². The number of benzene rings is 1. The fraction of sp³-hybridized carbons (Fsp3) is 0.412. The number of hydrogen-bond donors (Lipinski definition) is 1. The largest absolute Gasteiger partial charge is 0.496 e. The van der Waals surface area contributed by atoms with Gasteiger partial charge in [0.05, 0.1) is 7.11 Å². The molecule has 1 aliphatic rings. The Morgan fingerprint density at radius 2 is 1.92 bits per heavy atom. The molecule has 1 amide bonds. The van der Waals surface area contributed by atoms with Crippen LogP contribution in [-0.4, -0.2) is 54.0 Å². The van der Waals surface area contributed by atoms with Crippen LogP contribution in [0.3, 0.4) is 0 Å². The molecular weight excluding hydrogens is 395 g/mol. The van der Waals surface area contributed by atoms with E-state index in [0.717, 1.165) is 30.4 Å². The number of methoxy groups -OCH3 is 1. The van der Waals surface area contributed by atoms with Gasteiger partial charge in [-0.05, 0) is 6.07 Å². The fourth-order valence-corrected chi connectivity index (χ4v) is 3.50. The Kier molecular flexibility index (Phi) is 9.32. The van der Waals surface area contributed by atoms with E-state index in [1.54, 1.807) is 12.5 Å².